The van der Waals surface area contributed by atoms with Crippen molar-refractivity contribution in [3.05, 3.63) is 94.8 Å². The summed E-state index contributed by atoms with van der Waals surface area (Å²) < 4.78 is 28.3. The lowest BCUT2D eigenvalue weighted by Crippen LogP contribution is -2.33. The Balaban J connectivity index is 2.04. The topological polar surface area (TPSA) is 50.3 Å². The maximum Gasteiger partial charge on any atom is 0.243 e. The second-order valence-electron chi connectivity index (χ2n) is 6.36. The summed E-state index contributed by atoms with van der Waals surface area (Å²) in [6.07, 6.45) is 0. The molecule has 0 aliphatic carbocycles. The van der Waals surface area contributed by atoms with Crippen LogP contribution in [0.1, 0.15) is 29.9 Å². The third-order valence-corrected chi connectivity index (χ3v) is 6.58. The largest absolute Gasteiger partial charge is 0.257 e. The molecule has 0 fully saturated rings. The number of hydrogen-bond acceptors (Lipinski definition) is 3. The Morgan fingerprint density at radius 3 is 2.26 bits per heavy atom. The first kappa shape index (κ1) is 19.5. The van der Waals surface area contributed by atoms with Gasteiger partial charge in [0.1, 0.15) is 0 Å². The van der Waals surface area contributed by atoms with E-state index in [1.54, 1.807) is 12.1 Å². The average Bonchev–Trinajstić information content (AvgIpc) is 2.66. The zero-order valence-electron chi connectivity index (χ0n) is 15.2. The number of rotatable bonds is 6. The molecule has 0 saturated carbocycles. The first-order valence-electron chi connectivity index (χ1n) is 8.63. The van der Waals surface area contributed by atoms with Crippen molar-refractivity contribution >= 4 is 21.6 Å². The van der Waals surface area contributed by atoms with Crippen LogP contribution in [-0.4, -0.2) is 17.7 Å². The maximum absolute atomic E-state index is 13.4. The molecule has 140 valence electrons. The molecule has 0 aliphatic rings. The molecular formula is C21H21ClN2O2S. The summed E-state index contributed by atoms with van der Waals surface area (Å²) in [5, 5.41) is 0.497. The van der Waals surface area contributed by atoms with Gasteiger partial charge in [0, 0.05) is 16.8 Å². The lowest BCUT2D eigenvalue weighted by Gasteiger charge is -2.28. The van der Waals surface area contributed by atoms with Crippen molar-refractivity contribution < 1.29 is 8.42 Å². The standard InChI is InChI=1S/C21H21ClN2O2S/c1-16-7-6-10-20(23-16)15-24(17(2)18-8-4-3-5-9-18)27(25,26)21-13-11-19(22)12-14-21/h3-14,17H,15H2,1-2H3. The fourth-order valence-corrected chi connectivity index (χ4v) is 4.63. The molecule has 6 heteroatoms. The summed E-state index contributed by atoms with van der Waals surface area (Å²) in [5.41, 5.74) is 2.47. The summed E-state index contributed by atoms with van der Waals surface area (Å²) in [6.45, 7) is 3.96. The van der Waals surface area contributed by atoms with Gasteiger partial charge in [-0.3, -0.25) is 4.98 Å². The highest BCUT2D eigenvalue weighted by Crippen LogP contribution is 2.29. The van der Waals surface area contributed by atoms with E-state index in [0.717, 1.165) is 11.3 Å². The molecule has 3 aromatic rings. The minimum atomic E-state index is -3.74. The van der Waals surface area contributed by atoms with Gasteiger partial charge in [0.05, 0.1) is 17.1 Å². The number of aromatic nitrogens is 1. The monoisotopic (exact) mass is 400 g/mol. The van der Waals surface area contributed by atoms with Gasteiger partial charge in [-0.1, -0.05) is 48.0 Å². The third kappa shape index (κ3) is 4.56. The molecular weight excluding hydrogens is 380 g/mol. The summed E-state index contributed by atoms with van der Waals surface area (Å²) in [6, 6.07) is 21.1. The van der Waals surface area contributed by atoms with E-state index in [0.29, 0.717) is 10.7 Å². The average molecular weight is 401 g/mol. The van der Waals surface area contributed by atoms with E-state index < -0.39 is 10.0 Å². The van der Waals surface area contributed by atoms with Crippen LogP contribution in [0.2, 0.25) is 5.02 Å². The summed E-state index contributed by atoms with van der Waals surface area (Å²) in [5.74, 6) is 0. The number of pyridine rings is 1. The Morgan fingerprint density at radius 1 is 0.963 bits per heavy atom. The van der Waals surface area contributed by atoms with E-state index in [2.05, 4.69) is 4.98 Å². The molecule has 0 bridgehead atoms. The van der Waals surface area contributed by atoms with Crippen LogP contribution in [0.5, 0.6) is 0 Å². The van der Waals surface area contributed by atoms with E-state index in [1.807, 2.05) is 62.4 Å². The number of halogens is 1. The Morgan fingerprint density at radius 2 is 1.63 bits per heavy atom. The van der Waals surface area contributed by atoms with Crippen LogP contribution in [0.3, 0.4) is 0 Å². The van der Waals surface area contributed by atoms with Crippen molar-refractivity contribution in [2.75, 3.05) is 0 Å². The highest BCUT2D eigenvalue weighted by Gasteiger charge is 2.30. The molecule has 0 radical (unpaired) electrons. The van der Waals surface area contributed by atoms with Crippen LogP contribution in [-0.2, 0) is 16.6 Å². The molecule has 0 amide bonds. The van der Waals surface area contributed by atoms with E-state index in [1.165, 1.54) is 16.4 Å². The minimum Gasteiger partial charge on any atom is -0.257 e. The molecule has 0 saturated heterocycles. The van der Waals surface area contributed by atoms with Gasteiger partial charge in [-0.25, -0.2) is 8.42 Å². The second kappa shape index (κ2) is 8.21. The van der Waals surface area contributed by atoms with Gasteiger partial charge in [0.25, 0.3) is 0 Å². The molecule has 27 heavy (non-hydrogen) atoms. The zero-order chi connectivity index (χ0) is 19.4. The summed E-state index contributed by atoms with van der Waals surface area (Å²) in [4.78, 5) is 4.69. The molecule has 0 aliphatic heterocycles. The van der Waals surface area contributed by atoms with Crippen molar-refractivity contribution in [2.45, 2.75) is 31.3 Å². The Bertz CT molecular complexity index is 1010. The van der Waals surface area contributed by atoms with Crippen LogP contribution in [0.15, 0.2) is 77.7 Å². The highest BCUT2D eigenvalue weighted by molar-refractivity contribution is 7.89. The maximum atomic E-state index is 13.4. The van der Waals surface area contributed by atoms with Crippen LogP contribution in [0.25, 0.3) is 0 Å². The fraction of sp³-hybridized carbons (Fsp3) is 0.190. The van der Waals surface area contributed by atoms with E-state index in [4.69, 9.17) is 11.6 Å². The predicted octanol–water partition coefficient (Wildman–Crippen LogP) is 5.00. The number of aryl methyl sites for hydroxylation is 1. The van der Waals surface area contributed by atoms with Gasteiger partial charge in [0.2, 0.25) is 10.0 Å². The second-order valence-corrected chi connectivity index (χ2v) is 8.69. The van der Waals surface area contributed by atoms with Crippen LogP contribution in [0, 0.1) is 6.92 Å². The highest BCUT2D eigenvalue weighted by atomic mass is 35.5. The lowest BCUT2D eigenvalue weighted by molar-refractivity contribution is 0.332. The zero-order valence-corrected chi connectivity index (χ0v) is 16.8. The van der Waals surface area contributed by atoms with Gasteiger partial charge < -0.3 is 0 Å². The normalized spacial score (nSPS) is 12.9. The summed E-state index contributed by atoms with van der Waals surface area (Å²) in [7, 11) is -3.74. The number of sulfonamides is 1. The SMILES string of the molecule is Cc1cccc(CN(C(C)c2ccccc2)S(=O)(=O)c2ccc(Cl)cc2)n1. The van der Waals surface area contributed by atoms with Crippen LogP contribution < -0.4 is 0 Å². The third-order valence-electron chi connectivity index (χ3n) is 4.40. The molecule has 3 rings (SSSR count). The predicted molar refractivity (Wildman–Crippen MR) is 108 cm³/mol. The van der Waals surface area contributed by atoms with E-state index in [-0.39, 0.29) is 17.5 Å². The van der Waals surface area contributed by atoms with Crippen molar-refractivity contribution in [1.29, 1.82) is 0 Å². The first-order valence-corrected chi connectivity index (χ1v) is 10.4. The first-order chi connectivity index (χ1) is 12.9. The van der Waals surface area contributed by atoms with Gasteiger partial charge in [-0.05, 0) is 55.8 Å². The van der Waals surface area contributed by atoms with Crippen molar-refractivity contribution in [3.63, 3.8) is 0 Å². The molecule has 1 aromatic heterocycles. The van der Waals surface area contributed by atoms with Crippen molar-refractivity contribution in [3.8, 4) is 0 Å². The van der Waals surface area contributed by atoms with Gasteiger partial charge in [-0.15, -0.1) is 0 Å². The van der Waals surface area contributed by atoms with E-state index >= 15 is 0 Å². The summed E-state index contributed by atoms with van der Waals surface area (Å²) >= 11 is 5.93. The minimum absolute atomic E-state index is 0.183. The number of benzene rings is 2. The van der Waals surface area contributed by atoms with Crippen molar-refractivity contribution in [2.24, 2.45) is 0 Å². The smallest absolute Gasteiger partial charge is 0.243 e. The van der Waals surface area contributed by atoms with Gasteiger partial charge in [-0.2, -0.15) is 4.31 Å². The van der Waals surface area contributed by atoms with Gasteiger partial charge >= 0.3 is 0 Å². The molecule has 4 nitrogen and oxygen atoms in total. The van der Waals surface area contributed by atoms with Crippen LogP contribution >= 0.6 is 11.6 Å². The molecule has 0 spiro atoms. The molecule has 1 atom stereocenters. The lowest BCUT2D eigenvalue weighted by atomic mass is 10.1. The number of nitrogens with zero attached hydrogens (tertiary/aromatic N) is 2. The quantitative estimate of drug-likeness (QED) is 0.585. The molecule has 1 unspecified atom stereocenters. The van der Waals surface area contributed by atoms with Crippen molar-refractivity contribution in [1.82, 2.24) is 9.29 Å². The van der Waals surface area contributed by atoms with Gasteiger partial charge in [0.15, 0.2) is 0 Å². The fourth-order valence-electron chi connectivity index (χ4n) is 2.92. The Kier molecular flexibility index (Phi) is 5.95. The van der Waals surface area contributed by atoms with Crippen LogP contribution in [0.4, 0.5) is 0 Å². The molecule has 0 N–H and O–H groups in total. The molecule has 1 heterocycles. The van der Waals surface area contributed by atoms with E-state index in [9.17, 15) is 8.42 Å². The Hall–Kier alpha value is -2.21. The Labute approximate surface area is 165 Å². The molecule has 2 aromatic carbocycles. The number of hydrogen-bond donors (Lipinski definition) is 0.